The lowest BCUT2D eigenvalue weighted by molar-refractivity contribution is -0.146. The Morgan fingerprint density at radius 3 is 1.36 bits per heavy atom. The minimum Gasteiger partial charge on any atom is -0.467 e. The lowest BCUT2D eigenvalue weighted by Crippen LogP contribution is -2.33. The maximum atomic E-state index is 10.8. The zero-order valence-corrected chi connectivity index (χ0v) is 20.1. The van der Waals surface area contributed by atoms with Gasteiger partial charge in [0.15, 0.2) is 0 Å². The monoisotopic (exact) mass is 481 g/mol. The molecule has 1 saturated heterocycles. The molecule has 1 rings (SSSR count). The van der Waals surface area contributed by atoms with Gasteiger partial charge >= 0.3 is 5.97 Å². The fourth-order valence-electron chi connectivity index (χ4n) is 2.77. The highest BCUT2D eigenvalue weighted by atomic mass is 16.6. The Morgan fingerprint density at radius 1 is 0.606 bits per heavy atom. The van der Waals surface area contributed by atoms with E-state index in [1.807, 2.05) is 0 Å². The standard InChI is InChI=1S/C22H43NO10/c1-25-22(24)20-32-17-16-30-13-12-28-9-8-26-6-7-27-10-11-29-14-15-31-18-19-33-21-2-4-23-5-3-21/h21,23H,2-20H2,1H3. The van der Waals surface area contributed by atoms with Crippen LogP contribution in [0.5, 0.6) is 0 Å². The van der Waals surface area contributed by atoms with Crippen LogP contribution in [0.4, 0.5) is 0 Å². The van der Waals surface area contributed by atoms with Gasteiger partial charge in [0.1, 0.15) is 6.61 Å². The molecule has 11 heteroatoms. The van der Waals surface area contributed by atoms with E-state index in [4.69, 9.17) is 37.9 Å². The second-order valence-electron chi connectivity index (χ2n) is 7.12. The van der Waals surface area contributed by atoms with Crippen molar-refractivity contribution in [2.45, 2.75) is 18.9 Å². The number of hydrogen-bond acceptors (Lipinski definition) is 11. The van der Waals surface area contributed by atoms with Gasteiger partial charge in [0.25, 0.3) is 0 Å². The first kappa shape index (κ1) is 30.1. The van der Waals surface area contributed by atoms with E-state index < -0.39 is 5.97 Å². The SMILES string of the molecule is COC(=O)COCCOCCOCCOCCOCCOCCOCCOC1CCNCC1. The highest BCUT2D eigenvalue weighted by Crippen LogP contribution is 2.06. The molecule has 1 heterocycles. The summed E-state index contributed by atoms with van der Waals surface area (Å²) < 4.78 is 47.8. The van der Waals surface area contributed by atoms with Crippen LogP contribution in [0.1, 0.15) is 12.8 Å². The smallest absolute Gasteiger partial charge is 0.331 e. The van der Waals surface area contributed by atoms with Crippen molar-refractivity contribution in [3.63, 3.8) is 0 Å². The highest BCUT2D eigenvalue weighted by Gasteiger charge is 2.12. The van der Waals surface area contributed by atoms with Gasteiger partial charge in [-0.25, -0.2) is 4.79 Å². The lowest BCUT2D eigenvalue weighted by Gasteiger charge is -2.22. The van der Waals surface area contributed by atoms with Crippen molar-refractivity contribution < 1.29 is 47.4 Å². The van der Waals surface area contributed by atoms with Crippen LogP contribution >= 0.6 is 0 Å². The Balaban J connectivity index is 1.63. The zero-order chi connectivity index (χ0) is 23.7. The lowest BCUT2D eigenvalue weighted by atomic mass is 10.1. The van der Waals surface area contributed by atoms with Crippen molar-refractivity contribution in [1.82, 2.24) is 5.32 Å². The largest absolute Gasteiger partial charge is 0.467 e. The van der Waals surface area contributed by atoms with Crippen LogP contribution in [0, 0.1) is 0 Å². The maximum absolute atomic E-state index is 10.8. The van der Waals surface area contributed by atoms with E-state index in [1.165, 1.54) is 7.11 Å². The van der Waals surface area contributed by atoms with Crippen molar-refractivity contribution in [3.05, 3.63) is 0 Å². The van der Waals surface area contributed by atoms with E-state index >= 15 is 0 Å². The molecule has 0 atom stereocenters. The van der Waals surface area contributed by atoms with Gasteiger partial charge in [-0.05, 0) is 25.9 Å². The molecule has 0 spiro atoms. The molecule has 33 heavy (non-hydrogen) atoms. The van der Waals surface area contributed by atoms with E-state index in [2.05, 4.69) is 10.1 Å². The molecule has 0 aliphatic carbocycles. The third-order valence-electron chi connectivity index (χ3n) is 4.55. The predicted molar refractivity (Wildman–Crippen MR) is 120 cm³/mol. The van der Waals surface area contributed by atoms with Crippen LogP contribution in [-0.4, -0.2) is 131 Å². The summed E-state index contributed by atoms with van der Waals surface area (Å²) in [5.41, 5.74) is 0. The summed E-state index contributed by atoms with van der Waals surface area (Å²) >= 11 is 0. The van der Waals surface area contributed by atoms with Gasteiger partial charge in [-0.2, -0.15) is 0 Å². The Bertz CT molecular complexity index is 424. The van der Waals surface area contributed by atoms with Crippen LogP contribution in [0.3, 0.4) is 0 Å². The fourth-order valence-corrected chi connectivity index (χ4v) is 2.77. The number of methoxy groups -OCH3 is 1. The normalized spacial score (nSPS) is 14.6. The quantitative estimate of drug-likeness (QED) is 0.149. The van der Waals surface area contributed by atoms with Crippen LogP contribution in [0.15, 0.2) is 0 Å². The van der Waals surface area contributed by atoms with Crippen molar-refractivity contribution in [2.75, 3.05) is 119 Å². The minimum absolute atomic E-state index is 0.0610. The second kappa shape index (κ2) is 24.2. The zero-order valence-electron chi connectivity index (χ0n) is 20.1. The first-order valence-corrected chi connectivity index (χ1v) is 11.8. The Hall–Kier alpha value is -0.890. The number of ether oxygens (including phenoxy) is 9. The number of carbonyl (C=O) groups excluding carboxylic acids is 1. The van der Waals surface area contributed by atoms with Gasteiger partial charge in [0.05, 0.1) is 106 Å². The van der Waals surface area contributed by atoms with Gasteiger partial charge < -0.3 is 47.9 Å². The molecular formula is C22H43NO10. The summed E-state index contributed by atoms with van der Waals surface area (Å²) in [6.45, 7) is 9.13. The Morgan fingerprint density at radius 2 is 0.970 bits per heavy atom. The molecule has 0 aromatic carbocycles. The third-order valence-corrected chi connectivity index (χ3v) is 4.55. The van der Waals surface area contributed by atoms with E-state index in [0.717, 1.165) is 25.9 Å². The fraction of sp³-hybridized carbons (Fsp3) is 0.955. The molecule has 0 aromatic heterocycles. The van der Waals surface area contributed by atoms with Crippen molar-refractivity contribution >= 4 is 5.97 Å². The highest BCUT2D eigenvalue weighted by molar-refractivity contribution is 5.70. The minimum atomic E-state index is -0.400. The molecule has 196 valence electrons. The summed E-state index contributed by atoms with van der Waals surface area (Å²) in [6, 6.07) is 0. The van der Waals surface area contributed by atoms with E-state index in [1.54, 1.807) is 0 Å². The number of nitrogens with one attached hydrogen (secondary N) is 1. The number of carbonyl (C=O) groups is 1. The molecule has 0 bridgehead atoms. The average Bonchev–Trinajstić information content (AvgIpc) is 2.85. The summed E-state index contributed by atoms with van der Waals surface area (Å²) in [5.74, 6) is -0.400. The van der Waals surface area contributed by atoms with Crippen LogP contribution < -0.4 is 5.32 Å². The molecule has 1 fully saturated rings. The number of piperidine rings is 1. The summed E-state index contributed by atoms with van der Waals surface area (Å²) in [5, 5.41) is 3.32. The van der Waals surface area contributed by atoms with E-state index in [0.29, 0.717) is 98.6 Å². The Kier molecular flexibility index (Phi) is 22.1. The van der Waals surface area contributed by atoms with Gasteiger partial charge in [-0.1, -0.05) is 0 Å². The molecule has 0 aromatic rings. The van der Waals surface area contributed by atoms with Crippen LogP contribution in [0.25, 0.3) is 0 Å². The second-order valence-corrected chi connectivity index (χ2v) is 7.12. The summed E-state index contributed by atoms with van der Waals surface area (Å²) in [7, 11) is 1.32. The molecule has 0 radical (unpaired) electrons. The number of rotatable bonds is 24. The molecule has 11 nitrogen and oxygen atoms in total. The summed E-state index contributed by atoms with van der Waals surface area (Å²) in [6.07, 6.45) is 2.53. The predicted octanol–water partition coefficient (Wildman–Crippen LogP) is 0.0442. The molecule has 1 aliphatic heterocycles. The molecular weight excluding hydrogens is 438 g/mol. The average molecular weight is 482 g/mol. The van der Waals surface area contributed by atoms with Crippen molar-refractivity contribution in [1.29, 1.82) is 0 Å². The number of hydrogen-bond donors (Lipinski definition) is 1. The van der Waals surface area contributed by atoms with Crippen LogP contribution in [-0.2, 0) is 47.4 Å². The Labute approximate surface area is 197 Å². The molecule has 1 aliphatic rings. The maximum Gasteiger partial charge on any atom is 0.331 e. The molecule has 0 saturated carbocycles. The van der Waals surface area contributed by atoms with Crippen LogP contribution in [0.2, 0.25) is 0 Å². The van der Waals surface area contributed by atoms with Gasteiger partial charge in [0.2, 0.25) is 0 Å². The van der Waals surface area contributed by atoms with E-state index in [-0.39, 0.29) is 6.61 Å². The summed E-state index contributed by atoms with van der Waals surface area (Å²) in [4.78, 5) is 10.8. The topological polar surface area (TPSA) is 112 Å². The van der Waals surface area contributed by atoms with Gasteiger partial charge in [-0.15, -0.1) is 0 Å². The van der Waals surface area contributed by atoms with Gasteiger partial charge in [-0.3, -0.25) is 0 Å². The van der Waals surface area contributed by atoms with E-state index in [9.17, 15) is 4.79 Å². The number of esters is 1. The third kappa shape index (κ3) is 21.4. The first-order chi connectivity index (χ1) is 16.3. The van der Waals surface area contributed by atoms with Crippen molar-refractivity contribution in [2.24, 2.45) is 0 Å². The van der Waals surface area contributed by atoms with Crippen molar-refractivity contribution in [3.8, 4) is 0 Å². The van der Waals surface area contributed by atoms with Gasteiger partial charge in [0, 0.05) is 0 Å². The molecule has 0 unspecified atom stereocenters. The molecule has 0 amide bonds. The molecule has 1 N–H and O–H groups in total. The first-order valence-electron chi connectivity index (χ1n) is 11.8.